The van der Waals surface area contributed by atoms with Crippen LogP contribution in [-0.4, -0.2) is 4.98 Å². The van der Waals surface area contributed by atoms with Gasteiger partial charge in [-0.25, -0.2) is 0 Å². The quantitative estimate of drug-likeness (QED) is 0.175. The van der Waals surface area contributed by atoms with E-state index in [1.54, 1.807) is 6.20 Å². The van der Waals surface area contributed by atoms with Crippen LogP contribution in [0, 0.1) is 27.7 Å². The number of aryl methyl sites for hydroxylation is 4. The van der Waals surface area contributed by atoms with Gasteiger partial charge in [0, 0.05) is 6.20 Å². The number of aromatic nitrogens is 1. The molecule has 0 saturated heterocycles. The zero-order chi connectivity index (χ0) is 31.7. The molecule has 4 nitrogen and oxygen atoms in total. The summed E-state index contributed by atoms with van der Waals surface area (Å²) < 4.78 is 16.9. The minimum Gasteiger partial charge on any atom is -0.489 e. The lowest BCUT2D eigenvalue weighted by Gasteiger charge is -2.07. The molecule has 0 amide bonds. The Morgan fingerprint density at radius 2 is 0.933 bits per heavy atom. The van der Waals surface area contributed by atoms with Gasteiger partial charge >= 0.3 is 0 Å². The number of hydrogen-bond acceptors (Lipinski definition) is 4. The normalized spacial score (nSPS) is 9.96. The minimum absolute atomic E-state index is 0.518. The number of rotatable bonds is 8. The Hall–Kier alpha value is -5.35. The van der Waals surface area contributed by atoms with Crippen molar-refractivity contribution in [3.8, 4) is 23.0 Å². The van der Waals surface area contributed by atoms with Gasteiger partial charge in [0.1, 0.15) is 36.2 Å². The van der Waals surface area contributed by atoms with E-state index in [0.717, 1.165) is 28.7 Å². The molecule has 0 radical (unpaired) electrons. The van der Waals surface area contributed by atoms with Gasteiger partial charge in [0.2, 0.25) is 0 Å². The molecule has 0 N–H and O–H groups in total. The van der Waals surface area contributed by atoms with Crippen LogP contribution in [0.3, 0.4) is 0 Å². The summed E-state index contributed by atoms with van der Waals surface area (Å²) in [6.07, 6.45) is 1.77. The van der Waals surface area contributed by atoms with Crippen molar-refractivity contribution in [3.05, 3.63) is 185 Å². The number of benzene rings is 5. The van der Waals surface area contributed by atoms with Gasteiger partial charge < -0.3 is 14.2 Å². The molecule has 0 fully saturated rings. The zero-order valence-corrected chi connectivity index (χ0v) is 26.5. The minimum atomic E-state index is 0.518. The highest BCUT2D eigenvalue weighted by molar-refractivity contribution is 5.32. The van der Waals surface area contributed by atoms with Crippen molar-refractivity contribution >= 4 is 0 Å². The van der Waals surface area contributed by atoms with Gasteiger partial charge in [0.15, 0.2) is 0 Å². The van der Waals surface area contributed by atoms with E-state index >= 15 is 0 Å². The second-order valence-corrected chi connectivity index (χ2v) is 10.7. The maximum atomic E-state index is 5.70. The van der Waals surface area contributed by atoms with Gasteiger partial charge in [-0.1, -0.05) is 107 Å². The molecule has 5 aromatic carbocycles. The van der Waals surface area contributed by atoms with Crippen molar-refractivity contribution in [2.24, 2.45) is 0 Å². The predicted molar refractivity (Wildman–Crippen MR) is 184 cm³/mol. The largest absolute Gasteiger partial charge is 0.489 e. The fourth-order valence-electron chi connectivity index (χ4n) is 4.11. The summed E-state index contributed by atoms with van der Waals surface area (Å²) >= 11 is 0. The molecular formula is C41H41NO3. The molecule has 1 aromatic heterocycles. The average molecular weight is 596 g/mol. The first-order chi connectivity index (χ1) is 21.9. The van der Waals surface area contributed by atoms with Crippen LogP contribution in [-0.2, 0) is 13.2 Å². The van der Waals surface area contributed by atoms with E-state index in [2.05, 4.69) is 69.1 Å². The first-order valence-corrected chi connectivity index (χ1v) is 15.1. The summed E-state index contributed by atoms with van der Waals surface area (Å²) in [4.78, 5) is 4.19. The summed E-state index contributed by atoms with van der Waals surface area (Å²) in [6.45, 7) is 9.43. The van der Waals surface area contributed by atoms with Crippen molar-refractivity contribution in [3.63, 3.8) is 0 Å². The molecule has 0 aliphatic rings. The van der Waals surface area contributed by atoms with E-state index in [-0.39, 0.29) is 0 Å². The van der Waals surface area contributed by atoms with Crippen molar-refractivity contribution in [2.75, 3.05) is 0 Å². The summed E-state index contributed by atoms with van der Waals surface area (Å²) in [6, 6.07) is 48.2. The Labute approximate surface area is 267 Å². The Balaban J connectivity index is 0.000000154. The summed E-state index contributed by atoms with van der Waals surface area (Å²) in [5.74, 6) is 3.55. The Morgan fingerprint density at radius 3 is 1.47 bits per heavy atom. The molecule has 45 heavy (non-hydrogen) atoms. The van der Waals surface area contributed by atoms with Crippen molar-refractivity contribution in [2.45, 2.75) is 40.9 Å². The summed E-state index contributed by atoms with van der Waals surface area (Å²) in [7, 11) is 0. The molecule has 0 atom stereocenters. The number of hydrogen-bond donors (Lipinski definition) is 0. The van der Waals surface area contributed by atoms with Crippen molar-refractivity contribution < 1.29 is 14.2 Å². The van der Waals surface area contributed by atoms with Crippen LogP contribution in [0.2, 0.25) is 0 Å². The molecule has 228 valence electrons. The van der Waals surface area contributed by atoms with E-state index in [0.29, 0.717) is 13.2 Å². The highest BCUT2D eigenvalue weighted by Crippen LogP contribution is 2.21. The first kappa shape index (κ1) is 32.6. The van der Waals surface area contributed by atoms with Gasteiger partial charge in [-0.05, 0) is 93.9 Å². The standard InChI is InChI=1S/C15H16O.C13H13NO.C13H12O/c1-12-6-8-15(9-7-12)16-11-14-5-3-4-13(2)10-14;1-11-5-7-13(8-6-11)15-10-12-4-2-3-9-14-12;1-11-7-9-13(10-8-11)14-12-5-3-2-4-6-12/h3-10H,11H2,1-2H3;2-9H,10H2,1H3;2-10H,1H3. The third-order valence-electron chi connectivity index (χ3n) is 6.64. The van der Waals surface area contributed by atoms with E-state index in [9.17, 15) is 0 Å². The SMILES string of the molecule is Cc1ccc(OCc2cccc(C)c2)cc1.Cc1ccc(OCc2ccccn2)cc1.Cc1ccc(Oc2ccccc2)cc1. The highest BCUT2D eigenvalue weighted by Gasteiger charge is 1.97. The monoisotopic (exact) mass is 595 g/mol. The van der Waals surface area contributed by atoms with Gasteiger partial charge in [-0.15, -0.1) is 0 Å². The lowest BCUT2D eigenvalue weighted by atomic mass is 10.1. The molecule has 0 saturated carbocycles. The van der Waals surface area contributed by atoms with Crippen molar-refractivity contribution in [1.29, 1.82) is 0 Å². The number of para-hydroxylation sites is 1. The first-order valence-electron chi connectivity index (χ1n) is 15.1. The molecule has 0 spiro atoms. The van der Waals surface area contributed by atoms with Gasteiger partial charge in [0.25, 0.3) is 0 Å². The Morgan fingerprint density at radius 1 is 0.422 bits per heavy atom. The van der Waals surface area contributed by atoms with Crippen LogP contribution < -0.4 is 14.2 Å². The highest BCUT2D eigenvalue weighted by atomic mass is 16.5. The van der Waals surface area contributed by atoms with Crippen LogP contribution in [0.15, 0.2) is 152 Å². The molecule has 0 unspecified atom stereocenters. The second kappa shape index (κ2) is 17.7. The number of ether oxygens (including phenoxy) is 3. The molecule has 1 heterocycles. The zero-order valence-electron chi connectivity index (χ0n) is 26.5. The third-order valence-corrected chi connectivity index (χ3v) is 6.64. The summed E-state index contributed by atoms with van der Waals surface area (Å²) in [5.41, 5.74) is 7.15. The maximum absolute atomic E-state index is 5.70. The molecule has 4 heteroatoms. The van der Waals surface area contributed by atoms with Gasteiger partial charge in [-0.2, -0.15) is 0 Å². The molecule has 0 aliphatic heterocycles. The smallest absolute Gasteiger partial charge is 0.130 e. The second-order valence-electron chi connectivity index (χ2n) is 10.7. The topological polar surface area (TPSA) is 40.6 Å². The summed E-state index contributed by atoms with van der Waals surface area (Å²) in [5, 5.41) is 0. The molecule has 0 aliphatic carbocycles. The number of pyridine rings is 1. The molecule has 0 bridgehead atoms. The van der Waals surface area contributed by atoms with Gasteiger partial charge in [-0.3, -0.25) is 4.98 Å². The molecular weight excluding hydrogens is 554 g/mol. The van der Waals surface area contributed by atoms with E-state index in [1.807, 2.05) is 109 Å². The third kappa shape index (κ3) is 12.4. The Kier molecular flexibility index (Phi) is 12.8. The fourth-order valence-corrected chi connectivity index (χ4v) is 4.11. The lowest BCUT2D eigenvalue weighted by molar-refractivity contribution is 0.301. The van der Waals surface area contributed by atoms with Crippen LogP contribution in [0.4, 0.5) is 0 Å². The lowest BCUT2D eigenvalue weighted by Crippen LogP contribution is -1.97. The van der Waals surface area contributed by atoms with Crippen molar-refractivity contribution in [1.82, 2.24) is 4.98 Å². The maximum Gasteiger partial charge on any atom is 0.130 e. The number of nitrogens with zero attached hydrogens (tertiary/aromatic N) is 1. The fraction of sp³-hybridized carbons (Fsp3) is 0.146. The van der Waals surface area contributed by atoms with Gasteiger partial charge in [0.05, 0.1) is 5.69 Å². The molecule has 6 aromatic rings. The van der Waals surface area contributed by atoms with Crippen LogP contribution in [0.25, 0.3) is 0 Å². The van der Waals surface area contributed by atoms with E-state index in [1.165, 1.54) is 27.8 Å². The van der Waals surface area contributed by atoms with Crippen LogP contribution in [0.5, 0.6) is 23.0 Å². The van der Waals surface area contributed by atoms with E-state index in [4.69, 9.17) is 14.2 Å². The predicted octanol–water partition coefficient (Wildman–Crippen LogP) is 10.6. The van der Waals surface area contributed by atoms with E-state index < -0.39 is 0 Å². The van der Waals surface area contributed by atoms with Crippen LogP contribution >= 0.6 is 0 Å². The average Bonchev–Trinajstić information content (AvgIpc) is 3.07. The van der Waals surface area contributed by atoms with Crippen LogP contribution in [0.1, 0.15) is 33.5 Å². The Bertz CT molecular complexity index is 1670. The molecule has 6 rings (SSSR count).